The minimum absolute atomic E-state index is 0.122. The molecule has 1 aromatic carbocycles. The maximum Gasteiger partial charge on any atom is 0.188 e. The molecule has 0 aliphatic rings. The highest BCUT2D eigenvalue weighted by Crippen LogP contribution is 2.20. The first-order chi connectivity index (χ1) is 9.99. The maximum atomic E-state index is 13.6. The van der Waals surface area contributed by atoms with E-state index in [1.807, 2.05) is 19.9 Å². The van der Waals surface area contributed by atoms with Crippen LogP contribution in [0.1, 0.15) is 21.7 Å². The normalized spacial score (nSPS) is 10.5. The molecule has 0 saturated heterocycles. The molecule has 0 amide bonds. The molecule has 0 unspecified atom stereocenters. The lowest BCUT2D eigenvalue weighted by atomic mass is 10.1. The van der Waals surface area contributed by atoms with Crippen LogP contribution < -0.4 is 4.74 Å². The molecule has 0 atom stereocenters. The van der Waals surface area contributed by atoms with Gasteiger partial charge in [0.15, 0.2) is 22.5 Å². The van der Waals surface area contributed by atoms with Crippen molar-refractivity contribution in [2.24, 2.45) is 0 Å². The van der Waals surface area contributed by atoms with Gasteiger partial charge in [0.05, 0.1) is 12.9 Å². The molecule has 21 heavy (non-hydrogen) atoms. The molecule has 0 bridgehead atoms. The summed E-state index contributed by atoms with van der Waals surface area (Å²) in [6.45, 7) is 3.75. The second kappa shape index (κ2) is 6.67. The van der Waals surface area contributed by atoms with Gasteiger partial charge in [-0.05, 0) is 38.1 Å². The quantitative estimate of drug-likeness (QED) is 0.482. The van der Waals surface area contributed by atoms with Crippen molar-refractivity contribution in [3.05, 3.63) is 47.0 Å². The number of methoxy groups -OCH3 is 1. The maximum absolute atomic E-state index is 13.6. The molecule has 0 aliphatic heterocycles. The van der Waals surface area contributed by atoms with Crippen LogP contribution in [0.4, 0.5) is 4.39 Å². The minimum Gasteiger partial charge on any atom is -0.494 e. The Bertz CT molecular complexity index is 656. The van der Waals surface area contributed by atoms with Crippen LogP contribution in [0.5, 0.6) is 5.75 Å². The molecular formula is C15H15FN2O2S. The van der Waals surface area contributed by atoms with Crippen molar-refractivity contribution in [1.82, 2.24) is 9.97 Å². The highest BCUT2D eigenvalue weighted by atomic mass is 32.2. The van der Waals surface area contributed by atoms with Crippen LogP contribution in [-0.2, 0) is 0 Å². The summed E-state index contributed by atoms with van der Waals surface area (Å²) in [5, 5.41) is 0.551. The number of hydrogen-bond donors (Lipinski definition) is 0. The molecule has 0 fully saturated rings. The number of carbonyl (C=O) groups excluding carboxylic acids is 1. The molecule has 4 nitrogen and oxygen atoms in total. The zero-order chi connectivity index (χ0) is 15.4. The Morgan fingerprint density at radius 3 is 2.48 bits per heavy atom. The number of thioether (sulfide) groups is 1. The van der Waals surface area contributed by atoms with E-state index in [9.17, 15) is 9.18 Å². The SMILES string of the molecule is COc1ccc(C(=O)CSc2nc(C)cc(C)n2)cc1F. The van der Waals surface area contributed by atoms with Crippen molar-refractivity contribution in [1.29, 1.82) is 0 Å². The van der Waals surface area contributed by atoms with Crippen LogP contribution in [0.2, 0.25) is 0 Å². The molecule has 0 N–H and O–H groups in total. The van der Waals surface area contributed by atoms with Crippen molar-refractivity contribution in [2.45, 2.75) is 19.0 Å². The Hall–Kier alpha value is -1.95. The number of Topliss-reactive ketones (excluding diaryl/α,β-unsaturated/α-hetero) is 1. The second-order valence-corrected chi connectivity index (χ2v) is 5.44. The Labute approximate surface area is 126 Å². The number of aryl methyl sites for hydroxylation is 2. The number of halogens is 1. The van der Waals surface area contributed by atoms with Gasteiger partial charge in [-0.15, -0.1) is 0 Å². The average Bonchev–Trinajstić information content (AvgIpc) is 2.43. The summed E-state index contributed by atoms with van der Waals surface area (Å²) >= 11 is 1.24. The lowest BCUT2D eigenvalue weighted by Gasteiger charge is -2.05. The van der Waals surface area contributed by atoms with Crippen LogP contribution in [0.25, 0.3) is 0 Å². The smallest absolute Gasteiger partial charge is 0.188 e. The van der Waals surface area contributed by atoms with E-state index >= 15 is 0 Å². The third-order valence-corrected chi connectivity index (χ3v) is 3.62. The summed E-state index contributed by atoms with van der Waals surface area (Å²) in [7, 11) is 1.38. The molecule has 0 saturated carbocycles. The highest BCUT2D eigenvalue weighted by Gasteiger charge is 2.12. The summed E-state index contributed by atoms with van der Waals surface area (Å²) in [5.74, 6) is -0.438. The van der Waals surface area contributed by atoms with Crippen molar-refractivity contribution in [3.8, 4) is 5.75 Å². The fourth-order valence-electron chi connectivity index (χ4n) is 1.81. The number of carbonyl (C=O) groups is 1. The van der Waals surface area contributed by atoms with Gasteiger partial charge in [0.1, 0.15) is 0 Å². The van der Waals surface area contributed by atoms with Gasteiger partial charge in [-0.3, -0.25) is 4.79 Å². The van der Waals surface area contributed by atoms with Crippen molar-refractivity contribution in [3.63, 3.8) is 0 Å². The predicted octanol–water partition coefficient (Wildman–Crippen LogP) is 3.22. The van der Waals surface area contributed by atoms with E-state index < -0.39 is 5.82 Å². The third-order valence-electron chi connectivity index (χ3n) is 2.77. The molecule has 2 aromatic rings. The topological polar surface area (TPSA) is 52.1 Å². The molecule has 110 valence electrons. The number of benzene rings is 1. The lowest BCUT2D eigenvalue weighted by Crippen LogP contribution is -2.04. The summed E-state index contributed by atoms with van der Waals surface area (Å²) in [5.41, 5.74) is 2.02. The van der Waals surface area contributed by atoms with Gasteiger partial charge >= 0.3 is 0 Å². The van der Waals surface area contributed by atoms with Gasteiger partial charge in [-0.2, -0.15) is 0 Å². The van der Waals surface area contributed by atoms with E-state index in [1.54, 1.807) is 6.07 Å². The Morgan fingerprint density at radius 2 is 1.90 bits per heavy atom. The van der Waals surface area contributed by atoms with E-state index in [2.05, 4.69) is 9.97 Å². The van der Waals surface area contributed by atoms with Gasteiger partial charge in [-0.1, -0.05) is 11.8 Å². The summed E-state index contributed by atoms with van der Waals surface area (Å²) < 4.78 is 18.4. The van der Waals surface area contributed by atoms with E-state index in [-0.39, 0.29) is 17.3 Å². The Balaban J connectivity index is 2.06. The number of nitrogens with zero attached hydrogens (tertiary/aromatic N) is 2. The molecule has 0 radical (unpaired) electrons. The van der Waals surface area contributed by atoms with Gasteiger partial charge in [0, 0.05) is 17.0 Å². The first kappa shape index (κ1) is 15.4. The number of aromatic nitrogens is 2. The fraction of sp³-hybridized carbons (Fsp3) is 0.267. The monoisotopic (exact) mass is 306 g/mol. The molecular weight excluding hydrogens is 291 g/mol. The van der Waals surface area contributed by atoms with Crippen molar-refractivity contribution in [2.75, 3.05) is 12.9 Å². The standard InChI is InChI=1S/C15H15FN2O2S/c1-9-6-10(2)18-15(17-9)21-8-13(19)11-4-5-14(20-3)12(16)7-11/h4-7H,8H2,1-3H3. The van der Waals surface area contributed by atoms with Crippen molar-refractivity contribution < 1.29 is 13.9 Å². The van der Waals surface area contributed by atoms with E-state index in [4.69, 9.17) is 4.74 Å². The molecule has 1 heterocycles. The van der Waals surface area contributed by atoms with Crippen LogP contribution in [0.3, 0.4) is 0 Å². The van der Waals surface area contributed by atoms with Gasteiger partial charge in [0.2, 0.25) is 0 Å². The highest BCUT2D eigenvalue weighted by molar-refractivity contribution is 7.99. The molecule has 0 aliphatic carbocycles. The van der Waals surface area contributed by atoms with Gasteiger partial charge in [-0.25, -0.2) is 14.4 Å². The van der Waals surface area contributed by atoms with Crippen molar-refractivity contribution >= 4 is 17.5 Å². The molecule has 6 heteroatoms. The lowest BCUT2D eigenvalue weighted by molar-refractivity contribution is 0.102. The number of ether oxygens (including phenoxy) is 1. The fourth-order valence-corrected chi connectivity index (χ4v) is 2.66. The van der Waals surface area contributed by atoms with Crippen LogP contribution in [0, 0.1) is 19.7 Å². The number of ketones is 1. The van der Waals surface area contributed by atoms with Crippen LogP contribution in [-0.4, -0.2) is 28.6 Å². The zero-order valence-corrected chi connectivity index (χ0v) is 12.8. The summed E-state index contributed by atoms with van der Waals surface area (Å²) in [6.07, 6.45) is 0. The Kier molecular flexibility index (Phi) is 4.90. The first-order valence-electron chi connectivity index (χ1n) is 6.31. The average molecular weight is 306 g/mol. The first-order valence-corrected chi connectivity index (χ1v) is 7.30. The second-order valence-electron chi connectivity index (χ2n) is 4.49. The largest absolute Gasteiger partial charge is 0.494 e. The van der Waals surface area contributed by atoms with E-state index in [1.165, 1.54) is 31.0 Å². The number of hydrogen-bond acceptors (Lipinski definition) is 5. The van der Waals surface area contributed by atoms with Gasteiger partial charge < -0.3 is 4.74 Å². The van der Waals surface area contributed by atoms with Crippen LogP contribution in [0.15, 0.2) is 29.4 Å². The molecule has 2 rings (SSSR count). The summed E-state index contributed by atoms with van der Waals surface area (Å²) in [6, 6.07) is 6.04. The number of rotatable bonds is 5. The minimum atomic E-state index is -0.545. The Morgan fingerprint density at radius 1 is 1.24 bits per heavy atom. The third kappa shape index (κ3) is 4.01. The van der Waals surface area contributed by atoms with E-state index in [0.717, 1.165) is 11.4 Å². The van der Waals surface area contributed by atoms with Crippen LogP contribution >= 0.6 is 11.8 Å². The molecule has 1 aromatic heterocycles. The van der Waals surface area contributed by atoms with Gasteiger partial charge in [0.25, 0.3) is 0 Å². The zero-order valence-electron chi connectivity index (χ0n) is 12.0. The van der Waals surface area contributed by atoms with E-state index in [0.29, 0.717) is 10.7 Å². The molecule has 0 spiro atoms. The predicted molar refractivity (Wildman–Crippen MR) is 79.5 cm³/mol. The summed E-state index contributed by atoms with van der Waals surface area (Å²) in [4.78, 5) is 20.6.